The van der Waals surface area contributed by atoms with Crippen LogP contribution in [-0.4, -0.2) is 28.1 Å². The van der Waals surface area contributed by atoms with Gasteiger partial charge in [-0.25, -0.2) is 0 Å². The van der Waals surface area contributed by atoms with Crippen LogP contribution < -0.4 is 0 Å². The summed E-state index contributed by atoms with van der Waals surface area (Å²) in [4.78, 5) is 21.9. The van der Waals surface area contributed by atoms with Crippen LogP contribution in [0.2, 0.25) is 0 Å². The number of rotatable bonds is 6. The Morgan fingerprint density at radius 2 is 1.83 bits per heavy atom. The number of hydrogen-bond acceptors (Lipinski definition) is 3. The number of aliphatic carboxylic acids is 1. The summed E-state index contributed by atoms with van der Waals surface area (Å²) in [6, 6.07) is 9.31. The molecule has 1 rings (SSSR count). The van der Waals surface area contributed by atoms with Crippen molar-refractivity contribution < 1.29 is 19.8 Å². The van der Waals surface area contributed by atoms with Crippen molar-refractivity contribution in [3.8, 4) is 0 Å². The third kappa shape index (κ3) is 4.51. The van der Waals surface area contributed by atoms with Gasteiger partial charge in [0.1, 0.15) is 6.10 Å². The number of benzene rings is 1. The third-order valence-electron chi connectivity index (χ3n) is 2.52. The summed E-state index contributed by atoms with van der Waals surface area (Å²) in [6.45, 7) is 1.65. The molecule has 0 aliphatic heterocycles. The van der Waals surface area contributed by atoms with Crippen LogP contribution >= 0.6 is 0 Å². The van der Waals surface area contributed by atoms with Gasteiger partial charge in [-0.1, -0.05) is 36.4 Å². The highest BCUT2D eigenvalue weighted by Gasteiger charge is 2.17. The Labute approximate surface area is 106 Å². The van der Waals surface area contributed by atoms with E-state index in [9.17, 15) is 14.7 Å². The van der Waals surface area contributed by atoms with Gasteiger partial charge in [-0.05, 0) is 18.1 Å². The molecule has 0 unspecified atom stereocenters. The lowest BCUT2D eigenvalue weighted by molar-refractivity contribution is -0.139. The third-order valence-corrected chi connectivity index (χ3v) is 2.52. The summed E-state index contributed by atoms with van der Waals surface area (Å²) >= 11 is 0. The average Bonchev–Trinajstić information content (AvgIpc) is 2.36. The zero-order valence-electron chi connectivity index (χ0n) is 10.2. The van der Waals surface area contributed by atoms with Gasteiger partial charge in [0.25, 0.3) is 0 Å². The van der Waals surface area contributed by atoms with Gasteiger partial charge < -0.3 is 10.2 Å². The molecule has 0 bridgehead atoms. The second kappa shape index (κ2) is 6.71. The van der Waals surface area contributed by atoms with Crippen molar-refractivity contribution >= 4 is 17.8 Å². The van der Waals surface area contributed by atoms with E-state index >= 15 is 0 Å². The number of carbonyl (C=O) groups excluding carboxylic acids is 1. The van der Waals surface area contributed by atoms with E-state index in [1.807, 2.05) is 30.3 Å². The van der Waals surface area contributed by atoms with Gasteiger partial charge in [0.15, 0.2) is 5.78 Å². The first-order chi connectivity index (χ1) is 8.50. The van der Waals surface area contributed by atoms with Crippen LogP contribution in [0.5, 0.6) is 0 Å². The second-order valence-electron chi connectivity index (χ2n) is 4.06. The summed E-state index contributed by atoms with van der Waals surface area (Å²) in [5.74, 6) is -1.51. The number of carbonyl (C=O) groups is 2. The molecule has 0 aliphatic carbocycles. The first-order valence-electron chi connectivity index (χ1n) is 5.66. The zero-order valence-corrected chi connectivity index (χ0v) is 10.2. The van der Waals surface area contributed by atoms with Crippen LogP contribution in [0.3, 0.4) is 0 Å². The van der Waals surface area contributed by atoms with E-state index < -0.39 is 17.9 Å². The molecule has 1 atom stereocenters. The van der Waals surface area contributed by atoms with Gasteiger partial charge in [0, 0.05) is 6.42 Å². The molecule has 0 amide bonds. The minimum atomic E-state index is -1.23. The van der Waals surface area contributed by atoms with E-state index in [4.69, 9.17) is 5.11 Å². The Hall–Kier alpha value is -1.94. The van der Waals surface area contributed by atoms with Gasteiger partial charge in [-0.2, -0.15) is 0 Å². The monoisotopic (exact) mass is 248 g/mol. The predicted octanol–water partition coefficient (Wildman–Crippen LogP) is 1.88. The second-order valence-corrected chi connectivity index (χ2v) is 4.06. The number of carboxylic acids is 1. The first-order valence-corrected chi connectivity index (χ1v) is 5.66. The topological polar surface area (TPSA) is 74.6 Å². The Kier molecular flexibility index (Phi) is 5.27. The predicted molar refractivity (Wildman–Crippen MR) is 68.0 cm³/mol. The lowest BCUT2D eigenvalue weighted by atomic mass is 10.0. The maximum atomic E-state index is 11.5. The van der Waals surface area contributed by atoms with Crippen LogP contribution in [0.1, 0.15) is 25.3 Å². The molecule has 4 nitrogen and oxygen atoms in total. The van der Waals surface area contributed by atoms with E-state index in [0.717, 1.165) is 5.56 Å². The normalized spacial score (nSPS) is 13.1. The van der Waals surface area contributed by atoms with Crippen molar-refractivity contribution in [1.29, 1.82) is 0 Å². The molecule has 0 radical (unpaired) electrons. The fourth-order valence-electron chi connectivity index (χ4n) is 1.51. The fraction of sp³-hybridized carbons (Fsp3) is 0.286. The molecule has 18 heavy (non-hydrogen) atoms. The maximum Gasteiger partial charge on any atom is 0.303 e. The molecule has 96 valence electrons. The highest BCUT2D eigenvalue weighted by atomic mass is 16.4. The number of ketones is 1. The van der Waals surface area contributed by atoms with E-state index in [1.54, 1.807) is 13.0 Å². The molecule has 1 aromatic carbocycles. The molecule has 0 aromatic heterocycles. The molecular formula is C14H16O4. The van der Waals surface area contributed by atoms with E-state index in [2.05, 4.69) is 0 Å². The van der Waals surface area contributed by atoms with Crippen LogP contribution in [0.25, 0.3) is 6.08 Å². The van der Waals surface area contributed by atoms with Crippen molar-refractivity contribution in [2.45, 2.75) is 25.9 Å². The highest BCUT2D eigenvalue weighted by molar-refractivity contribution is 5.89. The summed E-state index contributed by atoms with van der Waals surface area (Å²) in [7, 11) is 0. The van der Waals surface area contributed by atoms with Gasteiger partial charge in [-0.3, -0.25) is 9.59 Å². The van der Waals surface area contributed by atoms with Gasteiger partial charge in [0.05, 0.1) is 6.42 Å². The van der Waals surface area contributed by atoms with Crippen molar-refractivity contribution in [3.05, 3.63) is 41.5 Å². The molecule has 0 heterocycles. The van der Waals surface area contributed by atoms with Crippen molar-refractivity contribution in [2.75, 3.05) is 0 Å². The molecule has 0 saturated carbocycles. The molecule has 0 spiro atoms. The average molecular weight is 248 g/mol. The molecule has 0 saturated heterocycles. The van der Waals surface area contributed by atoms with E-state index in [1.165, 1.54) is 0 Å². The quantitative estimate of drug-likeness (QED) is 0.806. The largest absolute Gasteiger partial charge is 0.481 e. The standard InChI is InChI=1S/C14H16O4/c1-10(9-11-5-3-2-4-6-11)14(18)12(15)7-8-13(16)17/h2-6,9,14,18H,7-8H2,1H3,(H,16,17)/b10-9+/t14-/m1/s1. The summed E-state index contributed by atoms with van der Waals surface area (Å²) in [5.41, 5.74) is 1.40. The molecule has 0 aliphatic rings. The Morgan fingerprint density at radius 1 is 1.22 bits per heavy atom. The molecular weight excluding hydrogens is 232 g/mol. The number of carboxylic acid groups (broad SMARTS) is 1. The lowest BCUT2D eigenvalue weighted by Gasteiger charge is -2.09. The SMILES string of the molecule is C/C(=C\c1ccccc1)[C@@H](O)C(=O)CCC(=O)O. The van der Waals surface area contributed by atoms with E-state index in [0.29, 0.717) is 5.57 Å². The molecule has 4 heteroatoms. The molecule has 0 fully saturated rings. The van der Waals surface area contributed by atoms with Crippen molar-refractivity contribution in [1.82, 2.24) is 0 Å². The van der Waals surface area contributed by atoms with E-state index in [-0.39, 0.29) is 12.8 Å². The van der Waals surface area contributed by atoms with Gasteiger partial charge in [0.2, 0.25) is 0 Å². The first kappa shape index (κ1) is 14.1. The maximum absolute atomic E-state index is 11.5. The van der Waals surface area contributed by atoms with Gasteiger partial charge in [-0.15, -0.1) is 0 Å². The van der Waals surface area contributed by atoms with Crippen LogP contribution in [0.4, 0.5) is 0 Å². The minimum Gasteiger partial charge on any atom is -0.481 e. The minimum absolute atomic E-state index is 0.156. The van der Waals surface area contributed by atoms with Crippen LogP contribution in [0, 0.1) is 0 Å². The lowest BCUT2D eigenvalue weighted by Crippen LogP contribution is -2.22. The van der Waals surface area contributed by atoms with Crippen LogP contribution in [0.15, 0.2) is 35.9 Å². The molecule has 2 N–H and O–H groups in total. The molecule has 1 aromatic rings. The summed E-state index contributed by atoms with van der Waals surface area (Å²) < 4.78 is 0. The number of aliphatic hydroxyl groups excluding tert-OH is 1. The van der Waals surface area contributed by atoms with Crippen LogP contribution in [-0.2, 0) is 9.59 Å². The zero-order chi connectivity index (χ0) is 13.5. The van der Waals surface area contributed by atoms with Crippen molar-refractivity contribution in [3.63, 3.8) is 0 Å². The Balaban J connectivity index is 2.66. The fourth-order valence-corrected chi connectivity index (χ4v) is 1.51. The van der Waals surface area contributed by atoms with Crippen molar-refractivity contribution in [2.24, 2.45) is 0 Å². The Bertz CT molecular complexity index is 448. The number of aliphatic hydroxyl groups is 1. The number of Topliss-reactive ketones (excluding diaryl/α,β-unsaturated/α-hetero) is 1. The smallest absolute Gasteiger partial charge is 0.303 e. The summed E-state index contributed by atoms with van der Waals surface area (Å²) in [5, 5.41) is 18.2. The Morgan fingerprint density at radius 3 is 2.39 bits per heavy atom. The van der Waals surface area contributed by atoms with Gasteiger partial charge >= 0.3 is 5.97 Å². The summed E-state index contributed by atoms with van der Waals surface area (Å²) in [6.07, 6.45) is 0.0680. The highest BCUT2D eigenvalue weighted by Crippen LogP contribution is 2.12. The number of hydrogen-bond donors (Lipinski definition) is 2.